The Kier molecular flexibility index (Phi) is 6.35. The van der Waals surface area contributed by atoms with Crippen LogP contribution in [0.15, 0.2) is 42.5 Å². The molecule has 0 saturated carbocycles. The SMILES string of the molecule is COc1ccc([C@@H]2C[C@H](C(F)(F)F)n3nc(C(=O)Nc4cc(Cl)ccc4C)cc3N2)cc1OC. The number of amides is 1. The summed E-state index contributed by atoms with van der Waals surface area (Å²) in [5.41, 5.74) is 1.64. The van der Waals surface area contributed by atoms with E-state index in [0.29, 0.717) is 27.8 Å². The Labute approximate surface area is 198 Å². The summed E-state index contributed by atoms with van der Waals surface area (Å²) in [7, 11) is 2.93. The Morgan fingerprint density at radius 1 is 1.15 bits per heavy atom. The Balaban J connectivity index is 1.66. The van der Waals surface area contributed by atoms with E-state index in [4.69, 9.17) is 21.1 Å². The van der Waals surface area contributed by atoms with Crippen molar-refractivity contribution in [3.63, 3.8) is 0 Å². The number of hydrogen-bond acceptors (Lipinski definition) is 5. The molecule has 2 atom stereocenters. The Hall–Kier alpha value is -3.40. The molecule has 0 bridgehead atoms. The van der Waals surface area contributed by atoms with Gasteiger partial charge < -0.3 is 20.1 Å². The van der Waals surface area contributed by atoms with Crippen molar-refractivity contribution in [3.05, 3.63) is 64.3 Å². The molecule has 1 aliphatic heterocycles. The molecule has 2 heterocycles. The summed E-state index contributed by atoms with van der Waals surface area (Å²) in [6, 6.07) is 8.60. The molecule has 34 heavy (non-hydrogen) atoms. The molecule has 2 N–H and O–H groups in total. The van der Waals surface area contributed by atoms with E-state index in [1.54, 1.807) is 43.3 Å². The van der Waals surface area contributed by atoms with Crippen LogP contribution in [0.25, 0.3) is 0 Å². The second-order valence-corrected chi connectivity index (χ2v) is 8.31. The van der Waals surface area contributed by atoms with Crippen molar-refractivity contribution in [2.75, 3.05) is 24.9 Å². The lowest BCUT2D eigenvalue weighted by Crippen LogP contribution is -2.35. The highest BCUT2D eigenvalue weighted by atomic mass is 35.5. The van der Waals surface area contributed by atoms with Gasteiger partial charge in [0.1, 0.15) is 5.82 Å². The summed E-state index contributed by atoms with van der Waals surface area (Å²) in [6.07, 6.45) is -4.89. The molecule has 4 rings (SSSR count). The number of hydrogen-bond donors (Lipinski definition) is 2. The van der Waals surface area contributed by atoms with Crippen LogP contribution in [-0.4, -0.2) is 36.1 Å². The number of anilines is 2. The van der Waals surface area contributed by atoms with E-state index < -0.39 is 24.2 Å². The van der Waals surface area contributed by atoms with Crippen molar-refractivity contribution < 1.29 is 27.4 Å². The third-order valence-electron chi connectivity index (χ3n) is 5.68. The van der Waals surface area contributed by atoms with Crippen molar-refractivity contribution in [2.45, 2.75) is 31.6 Å². The maximum absolute atomic E-state index is 14.0. The standard InChI is InChI=1S/C23H22ClF3N4O3/c1-12-4-6-14(24)9-15(12)29-22(32)17-11-21-28-16(10-20(23(25,26)27)31(21)30-17)13-5-7-18(33-2)19(8-13)34-3/h4-9,11,16,20,28H,10H2,1-3H3,(H,29,32)/t16-,20+/m0/s1. The molecule has 3 aromatic rings. The molecule has 1 aromatic heterocycles. The fourth-order valence-corrected chi connectivity index (χ4v) is 4.06. The van der Waals surface area contributed by atoms with Gasteiger partial charge in [0.2, 0.25) is 0 Å². The average molecular weight is 495 g/mol. The Bertz CT molecular complexity index is 1230. The minimum atomic E-state index is -4.57. The summed E-state index contributed by atoms with van der Waals surface area (Å²) < 4.78 is 53.3. The molecular formula is C23H22ClF3N4O3. The number of aromatic nitrogens is 2. The van der Waals surface area contributed by atoms with Crippen LogP contribution >= 0.6 is 11.6 Å². The van der Waals surface area contributed by atoms with E-state index in [-0.39, 0.29) is 17.9 Å². The molecule has 0 fully saturated rings. The number of nitrogens with one attached hydrogen (secondary N) is 2. The first-order valence-corrected chi connectivity index (χ1v) is 10.7. The third kappa shape index (κ3) is 4.63. The van der Waals surface area contributed by atoms with E-state index in [0.717, 1.165) is 10.2 Å². The van der Waals surface area contributed by atoms with Crippen LogP contribution in [0.2, 0.25) is 5.02 Å². The van der Waals surface area contributed by atoms with Gasteiger partial charge in [0, 0.05) is 23.2 Å². The lowest BCUT2D eigenvalue weighted by atomic mass is 9.96. The van der Waals surface area contributed by atoms with Gasteiger partial charge in [-0.25, -0.2) is 4.68 Å². The van der Waals surface area contributed by atoms with Crippen LogP contribution in [-0.2, 0) is 0 Å². The largest absolute Gasteiger partial charge is 0.493 e. The van der Waals surface area contributed by atoms with E-state index in [2.05, 4.69) is 15.7 Å². The van der Waals surface area contributed by atoms with Gasteiger partial charge in [-0.05, 0) is 42.3 Å². The zero-order chi connectivity index (χ0) is 24.6. The number of halogens is 4. The second kappa shape index (κ2) is 9.09. The highest BCUT2D eigenvalue weighted by Crippen LogP contribution is 2.44. The maximum Gasteiger partial charge on any atom is 0.410 e. The van der Waals surface area contributed by atoms with Crippen LogP contribution in [0.3, 0.4) is 0 Å². The summed E-state index contributed by atoms with van der Waals surface area (Å²) in [4.78, 5) is 12.8. The number of benzene rings is 2. The quantitative estimate of drug-likeness (QED) is 0.470. The first kappa shape index (κ1) is 23.7. The molecule has 1 amide bonds. The molecule has 1 aliphatic rings. The van der Waals surface area contributed by atoms with Crippen molar-refractivity contribution in [1.82, 2.24) is 9.78 Å². The molecule has 0 unspecified atom stereocenters. The number of fused-ring (bicyclic) bond motifs is 1. The van der Waals surface area contributed by atoms with Crippen LogP contribution in [0.1, 0.15) is 40.1 Å². The fourth-order valence-electron chi connectivity index (χ4n) is 3.89. The Morgan fingerprint density at radius 2 is 1.88 bits per heavy atom. The highest BCUT2D eigenvalue weighted by molar-refractivity contribution is 6.31. The van der Waals surface area contributed by atoms with Gasteiger partial charge in [0.25, 0.3) is 5.91 Å². The minimum Gasteiger partial charge on any atom is -0.493 e. The van der Waals surface area contributed by atoms with Crippen LogP contribution in [0.4, 0.5) is 24.7 Å². The van der Waals surface area contributed by atoms with Crippen LogP contribution in [0, 0.1) is 6.92 Å². The van der Waals surface area contributed by atoms with Gasteiger partial charge in [0.05, 0.1) is 20.3 Å². The number of carbonyl (C=O) groups is 1. The van der Waals surface area contributed by atoms with Crippen molar-refractivity contribution in [3.8, 4) is 11.5 Å². The number of carbonyl (C=O) groups excluding carboxylic acids is 1. The number of nitrogens with zero attached hydrogens (tertiary/aromatic N) is 2. The predicted molar refractivity (Wildman–Crippen MR) is 122 cm³/mol. The second-order valence-electron chi connectivity index (χ2n) is 7.88. The number of alkyl halides is 3. The van der Waals surface area contributed by atoms with E-state index in [1.165, 1.54) is 20.3 Å². The molecule has 0 saturated heterocycles. The smallest absolute Gasteiger partial charge is 0.410 e. The molecule has 11 heteroatoms. The average Bonchev–Trinajstić information content (AvgIpc) is 3.24. The zero-order valence-electron chi connectivity index (χ0n) is 18.5. The zero-order valence-corrected chi connectivity index (χ0v) is 19.3. The minimum absolute atomic E-state index is 0.0846. The first-order chi connectivity index (χ1) is 16.1. The highest BCUT2D eigenvalue weighted by Gasteiger charge is 2.47. The van der Waals surface area contributed by atoms with E-state index >= 15 is 0 Å². The lowest BCUT2D eigenvalue weighted by molar-refractivity contribution is -0.173. The number of rotatable bonds is 5. The summed E-state index contributed by atoms with van der Waals surface area (Å²) in [6.45, 7) is 1.78. The van der Waals surface area contributed by atoms with Gasteiger partial charge in [-0.15, -0.1) is 0 Å². The number of methoxy groups -OCH3 is 2. The summed E-state index contributed by atoms with van der Waals surface area (Å²) in [5.74, 6) is 0.315. The molecule has 180 valence electrons. The van der Waals surface area contributed by atoms with E-state index in [9.17, 15) is 18.0 Å². The van der Waals surface area contributed by atoms with Crippen LogP contribution < -0.4 is 20.1 Å². The normalized spacial score (nSPS) is 17.5. The maximum atomic E-state index is 14.0. The van der Waals surface area contributed by atoms with Gasteiger partial charge in [-0.2, -0.15) is 18.3 Å². The van der Waals surface area contributed by atoms with Crippen molar-refractivity contribution in [1.29, 1.82) is 0 Å². The van der Waals surface area contributed by atoms with Crippen molar-refractivity contribution >= 4 is 29.0 Å². The molecule has 0 spiro atoms. The summed E-state index contributed by atoms with van der Waals surface area (Å²) >= 11 is 5.99. The Morgan fingerprint density at radius 3 is 2.56 bits per heavy atom. The number of aryl methyl sites for hydroxylation is 1. The van der Waals surface area contributed by atoms with Crippen LogP contribution in [0.5, 0.6) is 11.5 Å². The van der Waals surface area contributed by atoms with Gasteiger partial charge in [-0.3, -0.25) is 4.79 Å². The third-order valence-corrected chi connectivity index (χ3v) is 5.92. The molecule has 2 aromatic carbocycles. The van der Waals surface area contributed by atoms with Gasteiger partial charge >= 0.3 is 6.18 Å². The first-order valence-electron chi connectivity index (χ1n) is 10.3. The molecular weight excluding hydrogens is 473 g/mol. The topological polar surface area (TPSA) is 77.4 Å². The van der Waals surface area contributed by atoms with Crippen molar-refractivity contribution in [2.24, 2.45) is 0 Å². The predicted octanol–water partition coefficient (Wildman–Crippen LogP) is 5.77. The molecule has 0 radical (unpaired) electrons. The van der Waals surface area contributed by atoms with Gasteiger partial charge in [0.15, 0.2) is 23.2 Å². The monoisotopic (exact) mass is 494 g/mol. The van der Waals surface area contributed by atoms with Gasteiger partial charge in [-0.1, -0.05) is 23.7 Å². The number of ether oxygens (including phenoxy) is 2. The molecule has 7 nitrogen and oxygen atoms in total. The molecule has 0 aliphatic carbocycles. The van der Waals surface area contributed by atoms with E-state index in [1.807, 2.05) is 0 Å². The fraction of sp³-hybridized carbons (Fsp3) is 0.304. The lowest BCUT2D eigenvalue weighted by Gasteiger charge is -2.33. The summed E-state index contributed by atoms with van der Waals surface area (Å²) in [5, 5.41) is 10.1.